The maximum atomic E-state index is 13.2. The van der Waals surface area contributed by atoms with E-state index in [1.807, 2.05) is 96.4 Å². The number of halogens is 1. The Balaban J connectivity index is 1.77. The number of rotatable bonds is 9. The first kappa shape index (κ1) is 30.5. The summed E-state index contributed by atoms with van der Waals surface area (Å²) >= 11 is 6.36. The van der Waals surface area contributed by atoms with Crippen molar-refractivity contribution < 1.29 is 19.2 Å². The van der Waals surface area contributed by atoms with Crippen LogP contribution in [0.2, 0.25) is 5.02 Å². The monoisotopic (exact) mass is 586 g/mol. The molecule has 3 aromatic carbocycles. The van der Waals surface area contributed by atoms with Crippen LogP contribution in [0.1, 0.15) is 56.7 Å². The third-order valence-electron chi connectivity index (χ3n) is 8.81. The lowest BCUT2D eigenvalue weighted by atomic mass is 9.69. The first-order chi connectivity index (χ1) is 19.9. The quantitative estimate of drug-likeness (QED) is 0.237. The maximum absolute atomic E-state index is 13.2. The summed E-state index contributed by atoms with van der Waals surface area (Å²) in [6, 6.07) is 24.0. The molecule has 0 radical (unpaired) electrons. The first-order valence-corrected chi connectivity index (χ1v) is 14.7. The van der Waals surface area contributed by atoms with E-state index in [0.29, 0.717) is 23.9 Å². The molecule has 1 fully saturated rings. The highest BCUT2D eigenvalue weighted by Crippen LogP contribution is 2.48. The molecule has 1 aromatic heterocycles. The standard InChI is InChI=1S/C34H40BClN2O4/c1-32(2)33(3,4)42-35(41-32)25-21-28(31(40-7)37-22-25)30(24-15-17-26(36)18-16-24)34(39,19-20-38(5)6)29-14-10-12-23-11-8-9-13-27(23)29/h8-18,21-22,30,39H,19-20H2,1-7H3. The highest BCUT2D eigenvalue weighted by atomic mass is 35.5. The van der Waals surface area contributed by atoms with Gasteiger partial charge in [0.05, 0.1) is 18.3 Å². The van der Waals surface area contributed by atoms with Crippen LogP contribution in [0, 0.1) is 0 Å². The van der Waals surface area contributed by atoms with E-state index in [-0.39, 0.29) is 0 Å². The predicted octanol–water partition coefficient (Wildman–Crippen LogP) is 6.17. The summed E-state index contributed by atoms with van der Waals surface area (Å²) in [4.78, 5) is 6.82. The Hall–Kier alpha value is -2.94. The van der Waals surface area contributed by atoms with Gasteiger partial charge in [0.2, 0.25) is 5.88 Å². The van der Waals surface area contributed by atoms with Gasteiger partial charge in [-0.3, -0.25) is 0 Å². The molecule has 0 bridgehead atoms. The Morgan fingerprint density at radius 2 is 1.62 bits per heavy atom. The number of aliphatic hydroxyl groups is 1. The van der Waals surface area contributed by atoms with Gasteiger partial charge in [0.25, 0.3) is 0 Å². The molecule has 2 heterocycles. The average molecular weight is 587 g/mol. The molecule has 1 aliphatic rings. The molecule has 0 saturated carbocycles. The summed E-state index contributed by atoms with van der Waals surface area (Å²) in [6.45, 7) is 8.77. The number of methoxy groups -OCH3 is 1. The fourth-order valence-corrected chi connectivity index (χ4v) is 5.90. The molecule has 1 saturated heterocycles. The molecule has 220 valence electrons. The third-order valence-corrected chi connectivity index (χ3v) is 9.06. The molecule has 1 N–H and O–H groups in total. The molecule has 0 amide bonds. The smallest absolute Gasteiger partial charge is 0.481 e. The molecular formula is C34H40BClN2O4. The number of ether oxygens (including phenoxy) is 1. The SMILES string of the molecule is COc1ncc(B2OC(C)(C)C(C)(C)O2)cc1C(c1ccc(Cl)cc1)C(O)(CCN(C)C)c1cccc2ccccc12. The summed E-state index contributed by atoms with van der Waals surface area (Å²) in [7, 11) is 5.02. The van der Waals surface area contributed by atoms with Crippen LogP contribution in [0.5, 0.6) is 5.88 Å². The van der Waals surface area contributed by atoms with Crippen LogP contribution in [-0.2, 0) is 14.9 Å². The lowest BCUT2D eigenvalue weighted by Crippen LogP contribution is -2.41. The lowest BCUT2D eigenvalue weighted by Gasteiger charge is -2.39. The van der Waals surface area contributed by atoms with Crippen LogP contribution in [-0.4, -0.2) is 61.1 Å². The summed E-state index contributed by atoms with van der Waals surface area (Å²) in [6.07, 6.45) is 2.19. The second kappa shape index (κ2) is 11.6. The summed E-state index contributed by atoms with van der Waals surface area (Å²) in [5, 5.41) is 15.9. The number of hydrogen-bond acceptors (Lipinski definition) is 6. The fraction of sp³-hybridized carbons (Fsp3) is 0.382. The zero-order valence-electron chi connectivity index (χ0n) is 25.5. The molecule has 0 spiro atoms. The van der Waals surface area contributed by atoms with Crippen molar-refractivity contribution in [2.45, 2.75) is 56.8 Å². The van der Waals surface area contributed by atoms with E-state index in [4.69, 9.17) is 30.6 Å². The van der Waals surface area contributed by atoms with Gasteiger partial charge in [0.15, 0.2) is 0 Å². The number of benzene rings is 3. The van der Waals surface area contributed by atoms with Crippen LogP contribution in [0.4, 0.5) is 0 Å². The predicted molar refractivity (Wildman–Crippen MR) is 171 cm³/mol. The van der Waals surface area contributed by atoms with E-state index in [9.17, 15) is 5.11 Å². The van der Waals surface area contributed by atoms with Crippen molar-refractivity contribution in [2.75, 3.05) is 27.7 Å². The summed E-state index contributed by atoms with van der Waals surface area (Å²) < 4.78 is 18.7. The molecule has 2 atom stereocenters. The Labute approximate surface area is 254 Å². The topological polar surface area (TPSA) is 64.0 Å². The van der Waals surface area contributed by atoms with Crippen molar-refractivity contribution in [1.82, 2.24) is 9.88 Å². The second-order valence-electron chi connectivity index (χ2n) is 12.4. The minimum atomic E-state index is -1.36. The molecule has 2 unspecified atom stereocenters. The maximum Gasteiger partial charge on any atom is 0.496 e. The number of nitrogens with zero attached hydrogens (tertiary/aromatic N) is 2. The number of pyridine rings is 1. The summed E-state index contributed by atoms with van der Waals surface area (Å²) in [5.74, 6) is -0.135. The molecule has 8 heteroatoms. The summed E-state index contributed by atoms with van der Waals surface area (Å²) in [5.41, 5.74) is 0.844. The Morgan fingerprint density at radius 1 is 0.976 bits per heavy atom. The van der Waals surface area contributed by atoms with Crippen LogP contribution in [0.3, 0.4) is 0 Å². The fourth-order valence-electron chi connectivity index (χ4n) is 5.77. The van der Waals surface area contributed by atoms with Crippen molar-refractivity contribution in [1.29, 1.82) is 0 Å². The molecular weight excluding hydrogens is 547 g/mol. The molecule has 0 aliphatic carbocycles. The van der Waals surface area contributed by atoms with E-state index < -0.39 is 29.8 Å². The van der Waals surface area contributed by atoms with Crippen molar-refractivity contribution in [2.24, 2.45) is 0 Å². The van der Waals surface area contributed by atoms with Crippen LogP contribution < -0.4 is 10.2 Å². The largest absolute Gasteiger partial charge is 0.496 e. The Kier molecular flexibility index (Phi) is 8.45. The van der Waals surface area contributed by atoms with Gasteiger partial charge in [-0.15, -0.1) is 0 Å². The van der Waals surface area contributed by atoms with Crippen molar-refractivity contribution >= 4 is 35.0 Å². The first-order valence-electron chi connectivity index (χ1n) is 14.4. The Bertz CT molecular complexity index is 1540. The minimum absolute atomic E-state index is 0.429. The van der Waals surface area contributed by atoms with E-state index in [1.54, 1.807) is 13.3 Å². The molecule has 6 nitrogen and oxygen atoms in total. The van der Waals surface area contributed by atoms with Gasteiger partial charge in [0.1, 0.15) is 5.60 Å². The molecule has 4 aromatic rings. The van der Waals surface area contributed by atoms with Gasteiger partial charge in [-0.1, -0.05) is 72.3 Å². The second-order valence-corrected chi connectivity index (χ2v) is 12.9. The number of fused-ring (bicyclic) bond motifs is 1. The third kappa shape index (κ3) is 5.69. The normalized spacial score (nSPS) is 18.3. The van der Waals surface area contributed by atoms with E-state index in [1.165, 1.54) is 0 Å². The zero-order valence-corrected chi connectivity index (χ0v) is 26.3. The molecule has 1 aliphatic heterocycles. The van der Waals surface area contributed by atoms with Gasteiger partial charge < -0.3 is 24.1 Å². The lowest BCUT2D eigenvalue weighted by molar-refractivity contribution is 0.00516. The van der Waals surface area contributed by atoms with Gasteiger partial charge in [-0.2, -0.15) is 0 Å². The number of hydrogen-bond donors (Lipinski definition) is 1. The van der Waals surface area contributed by atoms with Crippen LogP contribution >= 0.6 is 11.6 Å². The molecule has 5 rings (SSSR count). The van der Waals surface area contributed by atoms with Gasteiger partial charge in [0, 0.05) is 34.7 Å². The molecule has 42 heavy (non-hydrogen) atoms. The van der Waals surface area contributed by atoms with Crippen molar-refractivity contribution in [3.63, 3.8) is 0 Å². The van der Waals surface area contributed by atoms with Crippen LogP contribution in [0.15, 0.2) is 79.0 Å². The van der Waals surface area contributed by atoms with Crippen molar-refractivity contribution in [3.05, 3.63) is 101 Å². The van der Waals surface area contributed by atoms with Crippen molar-refractivity contribution in [3.8, 4) is 5.88 Å². The Morgan fingerprint density at radius 3 is 2.26 bits per heavy atom. The average Bonchev–Trinajstić information content (AvgIpc) is 3.19. The van der Waals surface area contributed by atoms with Gasteiger partial charge in [-0.25, -0.2) is 4.98 Å². The highest BCUT2D eigenvalue weighted by Gasteiger charge is 2.52. The van der Waals surface area contributed by atoms with Crippen LogP contribution in [0.25, 0.3) is 10.8 Å². The van der Waals surface area contributed by atoms with Gasteiger partial charge >= 0.3 is 7.12 Å². The minimum Gasteiger partial charge on any atom is -0.481 e. The van der Waals surface area contributed by atoms with Gasteiger partial charge in [-0.05, 0) is 82.2 Å². The highest BCUT2D eigenvalue weighted by molar-refractivity contribution is 6.62. The van der Waals surface area contributed by atoms with E-state index >= 15 is 0 Å². The zero-order chi connectivity index (χ0) is 30.3. The van der Waals surface area contributed by atoms with E-state index in [0.717, 1.165) is 32.9 Å². The van der Waals surface area contributed by atoms with E-state index in [2.05, 4.69) is 23.1 Å². The number of aromatic nitrogens is 1.